The number of halogens is 1. The normalized spacial score (nSPS) is 36.8. The predicted octanol–water partition coefficient (Wildman–Crippen LogP) is -2.31. The van der Waals surface area contributed by atoms with Crippen LogP contribution in [0.5, 0.6) is 0 Å². The highest BCUT2D eigenvalue weighted by atomic mass is 35.5. The Morgan fingerprint density at radius 1 is 1.25 bits per heavy atom. The van der Waals surface area contributed by atoms with Crippen LogP contribution in [0.2, 0.25) is 0 Å². The van der Waals surface area contributed by atoms with E-state index in [1.54, 1.807) is 6.92 Å². The molecule has 1 saturated heterocycles. The van der Waals surface area contributed by atoms with Gasteiger partial charge in [-0.05, 0) is 6.42 Å². The molecule has 0 amide bonds. The monoisotopic (exact) mass is 315 g/mol. The lowest BCUT2D eigenvalue weighted by atomic mass is 9.74. The number of hydrogen-bond donors (Lipinski definition) is 6. The van der Waals surface area contributed by atoms with Gasteiger partial charge in [0.1, 0.15) is 35.9 Å². The Hall–Kier alpha value is -0.480. The van der Waals surface area contributed by atoms with Crippen molar-refractivity contribution in [3.63, 3.8) is 0 Å². The third-order valence-electron chi connectivity index (χ3n) is 3.86. The van der Waals surface area contributed by atoms with E-state index in [1.807, 2.05) is 0 Å². The second kappa shape index (κ2) is 7.51. The molecule has 8 nitrogen and oxygen atoms in total. The van der Waals surface area contributed by atoms with Crippen LogP contribution in [-0.2, 0) is 9.53 Å². The summed E-state index contributed by atoms with van der Waals surface area (Å²) in [5.74, 6) is -1.26. The lowest BCUT2D eigenvalue weighted by molar-refractivity contribution is -0.256. The van der Waals surface area contributed by atoms with Crippen molar-refractivity contribution in [3.05, 3.63) is 0 Å². The molecule has 0 unspecified atom stereocenters. The first-order valence-corrected chi connectivity index (χ1v) is 6.09. The number of carboxylic acids is 1. The maximum absolute atomic E-state index is 11.4. The minimum Gasteiger partial charge on any atom is -0.481 e. The number of hydrogen-bond acceptors (Lipinski definition) is 7. The van der Waals surface area contributed by atoms with Gasteiger partial charge in [0.25, 0.3) is 0 Å². The van der Waals surface area contributed by atoms with Crippen LogP contribution in [-0.4, -0.2) is 75.2 Å². The molecule has 0 saturated carbocycles. The molecule has 1 aliphatic rings. The molecule has 9 heteroatoms. The van der Waals surface area contributed by atoms with Crippen molar-refractivity contribution in [1.29, 1.82) is 0 Å². The lowest BCUT2D eigenvalue weighted by Gasteiger charge is -2.46. The molecule has 0 aromatic heterocycles. The number of carbonyl (C=O) groups is 1. The van der Waals surface area contributed by atoms with Crippen molar-refractivity contribution in [2.45, 2.75) is 43.9 Å². The Kier molecular flexibility index (Phi) is 7.33. The predicted molar refractivity (Wildman–Crippen MR) is 70.4 cm³/mol. The van der Waals surface area contributed by atoms with Gasteiger partial charge < -0.3 is 36.0 Å². The number of rotatable bonds is 5. The molecule has 0 aromatic rings. The zero-order chi connectivity index (χ0) is 14.8. The molecule has 6 atom stereocenters. The molecule has 0 aromatic carbocycles. The Bertz CT molecular complexity index is 324. The van der Waals surface area contributed by atoms with Gasteiger partial charge in [0, 0.05) is 6.54 Å². The van der Waals surface area contributed by atoms with E-state index in [9.17, 15) is 25.2 Å². The van der Waals surface area contributed by atoms with Gasteiger partial charge in [-0.25, -0.2) is 0 Å². The van der Waals surface area contributed by atoms with E-state index in [0.717, 1.165) is 0 Å². The molecule has 1 aliphatic heterocycles. The minimum atomic E-state index is -1.60. The smallest absolute Gasteiger partial charge is 0.313 e. The quantitative estimate of drug-likeness (QED) is 0.331. The molecule has 0 aliphatic carbocycles. The number of aliphatic hydroxyl groups is 4. The van der Waals surface area contributed by atoms with E-state index in [1.165, 1.54) is 0 Å². The molecule has 0 spiro atoms. The topological polar surface area (TPSA) is 153 Å². The van der Waals surface area contributed by atoms with Gasteiger partial charge in [0.2, 0.25) is 0 Å². The fraction of sp³-hybridized carbons (Fsp3) is 0.909. The second-order valence-corrected chi connectivity index (χ2v) is 4.77. The molecule has 1 rings (SSSR count). The van der Waals surface area contributed by atoms with Crippen LogP contribution in [0.3, 0.4) is 0 Å². The molecule has 120 valence electrons. The van der Waals surface area contributed by atoms with Gasteiger partial charge in [-0.15, -0.1) is 12.4 Å². The molecular formula is C11H22ClNO7. The van der Waals surface area contributed by atoms with Gasteiger partial charge in [-0.3, -0.25) is 4.79 Å². The standard InChI is InChI=1S/C11H21NO7.ClH/c1-2-11(4-12,10(17)18)9-8(16)7(15)6(14)5(3-13)19-9;/h5-9,13-16H,2-4,12H2,1H3,(H,17,18);1H/t5-,6-,7+,8-,9-,11-;/m1./s1. The Balaban J connectivity index is 0.00000361. The Morgan fingerprint density at radius 3 is 2.15 bits per heavy atom. The van der Waals surface area contributed by atoms with Crippen LogP contribution in [0, 0.1) is 5.41 Å². The summed E-state index contributed by atoms with van der Waals surface area (Å²) in [6, 6.07) is 0. The zero-order valence-electron chi connectivity index (χ0n) is 11.0. The third kappa shape index (κ3) is 3.06. The first kappa shape index (κ1) is 19.5. The minimum absolute atomic E-state index is 0. The van der Waals surface area contributed by atoms with Crippen LogP contribution in [0.25, 0.3) is 0 Å². The summed E-state index contributed by atoms with van der Waals surface area (Å²) >= 11 is 0. The Labute approximate surface area is 122 Å². The van der Waals surface area contributed by atoms with Crippen molar-refractivity contribution in [1.82, 2.24) is 0 Å². The van der Waals surface area contributed by atoms with Crippen LogP contribution in [0.4, 0.5) is 0 Å². The van der Waals surface area contributed by atoms with Gasteiger partial charge in [-0.2, -0.15) is 0 Å². The van der Waals surface area contributed by atoms with Crippen LogP contribution in [0.1, 0.15) is 13.3 Å². The first-order valence-electron chi connectivity index (χ1n) is 6.09. The third-order valence-corrected chi connectivity index (χ3v) is 3.86. The SMILES string of the molecule is CC[C@](CN)(C(=O)O)[C@@H]1O[C@H](CO)[C@@H](O)[C@H](O)[C@H]1O.Cl. The van der Waals surface area contributed by atoms with E-state index in [-0.39, 0.29) is 25.4 Å². The highest BCUT2D eigenvalue weighted by Gasteiger charge is 2.55. The number of nitrogens with two attached hydrogens (primary N) is 1. The van der Waals surface area contributed by atoms with E-state index in [4.69, 9.17) is 15.6 Å². The van der Waals surface area contributed by atoms with E-state index in [2.05, 4.69) is 0 Å². The van der Waals surface area contributed by atoms with Crippen molar-refractivity contribution in [3.8, 4) is 0 Å². The van der Waals surface area contributed by atoms with Gasteiger partial charge in [0.05, 0.1) is 6.61 Å². The average Bonchev–Trinajstić information content (AvgIpc) is 2.40. The van der Waals surface area contributed by atoms with Crippen LogP contribution >= 0.6 is 12.4 Å². The largest absolute Gasteiger partial charge is 0.481 e. The summed E-state index contributed by atoms with van der Waals surface area (Å²) in [5.41, 5.74) is 3.91. The summed E-state index contributed by atoms with van der Waals surface area (Å²) in [5, 5.41) is 47.7. The fourth-order valence-electron chi connectivity index (χ4n) is 2.38. The molecular weight excluding hydrogens is 294 g/mol. The van der Waals surface area contributed by atoms with Crippen LogP contribution < -0.4 is 5.73 Å². The molecule has 0 bridgehead atoms. The Morgan fingerprint density at radius 2 is 1.80 bits per heavy atom. The summed E-state index contributed by atoms with van der Waals surface area (Å²) in [6.07, 6.45) is -7.10. The summed E-state index contributed by atoms with van der Waals surface area (Å²) in [6.45, 7) is 0.662. The van der Waals surface area contributed by atoms with Crippen molar-refractivity contribution in [2.24, 2.45) is 11.1 Å². The second-order valence-electron chi connectivity index (χ2n) is 4.77. The van der Waals surface area contributed by atoms with Crippen molar-refractivity contribution >= 4 is 18.4 Å². The maximum Gasteiger partial charge on any atom is 0.313 e. The number of carboxylic acid groups (broad SMARTS) is 1. The first-order chi connectivity index (χ1) is 8.85. The summed E-state index contributed by atoms with van der Waals surface area (Å²) in [4.78, 5) is 11.4. The highest BCUT2D eigenvalue weighted by Crippen LogP contribution is 2.36. The fourth-order valence-corrected chi connectivity index (χ4v) is 2.38. The molecule has 0 radical (unpaired) electrons. The van der Waals surface area contributed by atoms with Crippen molar-refractivity contribution < 1.29 is 35.1 Å². The maximum atomic E-state index is 11.4. The molecule has 1 fully saturated rings. The number of aliphatic carboxylic acids is 1. The number of ether oxygens (including phenoxy) is 1. The van der Waals surface area contributed by atoms with E-state index in [0.29, 0.717) is 0 Å². The molecule has 20 heavy (non-hydrogen) atoms. The number of aliphatic hydroxyl groups excluding tert-OH is 4. The zero-order valence-corrected chi connectivity index (χ0v) is 11.9. The lowest BCUT2D eigenvalue weighted by Crippen LogP contribution is -2.65. The molecule has 7 N–H and O–H groups in total. The summed E-state index contributed by atoms with van der Waals surface area (Å²) < 4.78 is 5.27. The van der Waals surface area contributed by atoms with E-state index >= 15 is 0 Å². The van der Waals surface area contributed by atoms with Crippen LogP contribution in [0.15, 0.2) is 0 Å². The molecule has 1 heterocycles. The van der Waals surface area contributed by atoms with Gasteiger partial charge in [-0.1, -0.05) is 6.92 Å². The van der Waals surface area contributed by atoms with E-state index < -0.39 is 48.5 Å². The van der Waals surface area contributed by atoms with Crippen molar-refractivity contribution in [2.75, 3.05) is 13.2 Å². The average molecular weight is 316 g/mol. The van der Waals surface area contributed by atoms with Gasteiger partial charge >= 0.3 is 5.97 Å². The highest BCUT2D eigenvalue weighted by molar-refractivity contribution is 5.85. The summed E-state index contributed by atoms with van der Waals surface area (Å²) in [7, 11) is 0. The van der Waals surface area contributed by atoms with Gasteiger partial charge in [0.15, 0.2) is 0 Å².